The maximum absolute atomic E-state index is 5.46. The SMILES string of the molecule is C=[P+](C)C(CC)CN. The molecule has 0 amide bonds. The molecule has 2 N–H and O–H groups in total. The average Bonchev–Trinajstić information content (AvgIpc) is 1.69. The molecule has 0 heterocycles. The standard InChI is InChI=1S/C6H15NP/c1-4-6(5-7)8(2)3/h6H,2,4-5,7H2,1,3H3/q+1. The number of rotatable bonds is 3. The van der Waals surface area contributed by atoms with Crippen molar-refractivity contribution >= 4 is 13.8 Å². The van der Waals surface area contributed by atoms with Gasteiger partial charge in [-0.25, -0.2) is 0 Å². The topological polar surface area (TPSA) is 26.0 Å². The van der Waals surface area contributed by atoms with Gasteiger partial charge in [0.05, 0.1) is 20.5 Å². The van der Waals surface area contributed by atoms with Crippen LogP contribution in [0.25, 0.3) is 0 Å². The Labute approximate surface area is 52.7 Å². The van der Waals surface area contributed by atoms with Gasteiger partial charge in [-0.05, 0) is 6.42 Å². The molecule has 0 saturated carbocycles. The lowest BCUT2D eigenvalue weighted by atomic mass is 10.3. The van der Waals surface area contributed by atoms with Crippen LogP contribution in [0.1, 0.15) is 13.3 Å². The summed E-state index contributed by atoms with van der Waals surface area (Å²) in [6.07, 6.45) is 5.15. The van der Waals surface area contributed by atoms with Crippen molar-refractivity contribution in [3.05, 3.63) is 0 Å². The van der Waals surface area contributed by atoms with E-state index in [2.05, 4.69) is 19.9 Å². The van der Waals surface area contributed by atoms with Gasteiger partial charge in [0.25, 0.3) is 0 Å². The summed E-state index contributed by atoms with van der Waals surface area (Å²) < 4.78 is 0. The fourth-order valence-electron chi connectivity index (χ4n) is 0.658. The molecule has 0 rings (SSSR count). The first-order valence-electron chi connectivity index (χ1n) is 2.95. The first-order valence-corrected chi connectivity index (χ1v) is 5.00. The second-order valence-electron chi connectivity index (χ2n) is 2.05. The zero-order valence-electron chi connectivity index (χ0n) is 5.72. The highest BCUT2D eigenvalue weighted by Crippen LogP contribution is 2.23. The Morgan fingerprint density at radius 3 is 2.25 bits per heavy atom. The number of hydrogen-bond donors (Lipinski definition) is 1. The molecule has 0 saturated heterocycles. The van der Waals surface area contributed by atoms with Crippen molar-refractivity contribution < 1.29 is 0 Å². The second kappa shape index (κ2) is 4.05. The molecule has 0 radical (unpaired) electrons. The molecule has 0 bridgehead atoms. The first kappa shape index (κ1) is 8.13. The van der Waals surface area contributed by atoms with Crippen molar-refractivity contribution in [2.24, 2.45) is 5.73 Å². The Hall–Kier alpha value is 0.130. The molecule has 0 aromatic rings. The molecule has 0 aliphatic heterocycles. The van der Waals surface area contributed by atoms with Crippen molar-refractivity contribution in [2.45, 2.75) is 19.0 Å². The van der Waals surface area contributed by atoms with Crippen LogP contribution in [0.2, 0.25) is 0 Å². The van der Waals surface area contributed by atoms with Crippen molar-refractivity contribution in [2.75, 3.05) is 13.2 Å². The predicted octanol–water partition coefficient (Wildman–Crippen LogP) is 1.27. The van der Waals surface area contributed by atoms with E-state index >= 15 is 0 Å². The van der Waals surface area contributed by atoms with Gasteiger partial charge in [-0.3, -0.25) is 0 Å². The summed E-state index contributed by atoms with van der Waals surface area (Å²) in [6.45, 7) is 5.15. The third kappa shape index (κ3) is 2.44. The van der Waals surface area contributed by atoms with Crippen molar-refractivity contribution in [3.63, 3.8) is 0 Å². The van der Waals surface area contributed by atoms with Gasteiger partial charge >= 0.3 is 0 Å². The molecule has 0 aromatic carbocycles. The highest BCUT2D eigenvalue weighted by Gasteiger charge is 2.11. The predicted molar refractivity (Wildman–Crippen MR) is 43.1 cm³/mol. The normalized spacial score (nSPS) is 15.6. The third-order valence-electron chi connectivity index (χ3n) is 1.37. The van der Waals surface area contributed by atoms with E-state index in [1.807, 2.05) is 0 Å². The molecule has 0 fully saturated rings. The largest absolute Gasteiger partial charge is 0.327 e. The van der Waals surface area contributed by atoms with Gasteiger partial charge in [0, 0.05) is 6.54 Å². The van der Waals surface area contributed by atoms with Gasteiger partial charge in [-0.15, -0.1) is 0 Å². The van der Waals surface area contributed by atoms with E-state index in [1.54, 1.807) is 0 Å². The van der Waals surface area contributed by atoms with Crippen LogP contribution >= 0.6 is 7.55 Å². The van der Waals surface area contributed by atoms with Crippen LogP contribution < -0.4 is 5.73 Å². The summed E-state index contributed by atoms with van der Waals surface area (Å²) in [6, 6.07) is 0. The molecule has 8 heavy (non-hydrogen) atoms. The molecule has 2 heteroatoms. The van der Waals surface area contributed by atoms with Crippen LogP contribution in [0.15, 0.2) is 0 Å². The summed E-state index contributed by atoms with van der Waals surface area (Å²) >= 11 is 0. The van der Waals surface area contributed by atoms with E-state index in [0.717, 1.165) is 6.54 Å². The van der Waals surface area contributed by atoms with Crippen LogP contribution in [0, 0.1) is 0 Å². The maximum atomic E-state index is 5.46. The molecule has 1 nitrogen and oxygen atoms in total. The van der Waals surface area contributed by atoms with Gasteiger partial charge in [-0.1, -0.05) is 6.92 Å². The summed E-state index contributed by atoms with van der Waals surface area (Å²) in [4.78, 5) is 0. The summed E-state index contributed by atoms with van der Waals surface area (Å²) in [5, 5.41) is 0. The van der Waals surface area contributed by atoms with Gasteiger partial charge in [0.2, 0.25) is 0 Å². The van der Waals surface area contributed by atoms with Crippen LogP contribution in [0.3, 0.4) is 0 Å². The number of nitrogens with two attached hydrogens (primary N) is 1. The zero-order chi connectivity index (χ0) is 6.57. The molecule has 0 spiro atoms. The number of hydrogen-bond acceptors (Lipinski definition) is 1. The van der Waals surface area contributed by atoms with Crippen LogP contribution in [-0.4, -0.2) is 25.2 Å². The summed E-state index contributed by atoms with van der Waals surface area (Å²) in [7, 11) is -0.0391. The lowest BCUT2D eigenvalue weighted by Gasteiger charge is -1.99. The Bertz CT molecular complexity index is 76.6. The Balaban J connectivity index is 3.52. The minimum atomic E-state index is -0.0391. The van der Waals surface area contributed by atoms with Gasteiger partial charge in [0.1, 0.15) is 5.66 Å². The molecular formula is C6H15NP+. The van der Waals surface area contributed by atoms with E-state index in [-0.39, 0.29) is 7.55 Å². The maximum Gasteiger partial charge on any atom is 0.127 e. The molecule has 0 aliphatic rings. The monoisotopic (exact) mass is 132 g/mol. The van der Waals surface area contributed by atoms with Gasteiger partial charge < -0.3 is 5.73 Å². The highest BCUT2D eigenvalue weighted by molar-refractivity contribution is 7.55. The molecule has 0 aromatic heterocycles. The molecular weight excluding hydrogens is 117 g/mol. The Kier molecular flexibility index (Phi) is 4.12. The van der Waals surface area contributed by atoms with Crippen molar-refractivity contribution in [1.29, 1.82) is 0 Å². The summed E-state index contributed by atoms with van der Waals surface area (Å²) in [5.41, 5.74) is 6.15. The van der Waals surface area contributed by atoms with Crippen molar-refractivity contribution in [3.8, 4) is 0 Å². The van der Waals surface area contributed by atoms with E-state index in [0.29, 0.717) is 5.66 Å². The van der Waals surface area contributed by atoms with E-state index in [4.69, 9.17) is 5.73 Å². The third-order valence-corrected chi connectivity index (χ3v) is 3.19. The van der Waals surface area contributed by atoms with Crippen LogP contribution in [0.5, 0.6) is 0 Å². The van der Waals surface area contributed by atoms with Crippen molar-refractivity contribution in [1.82, 2.24) is 0 Å². The van der Waals surface area contributed by atoms with E-state index in [1.165, 1.54) is 6.42 Å². The van der Waals surface area contributed by atoms with Gasteiger partial charge in [-0.2, -0.15) is 0 Å². The molecule has 2 unspecified atom stereocenters. The molecule has 2 atom stereocenters. The van der Waals surface area contributed by atoms with Gasteiger partial charge in [0.15, 0.2) is 0 Å². The van der Waals surface area contributed by atoms with Crippen LogP contribution in [0.4, 0.5) is 0 Å². The quantitative estimate of drug-likeness (QED) is 0.575. The summed E-state index contributed by atoms with van der Waals surface area (Å²) in [5.74, 6) is 0. The lowest BCUT2D eigenvalue weighted by Crippen LogP contribution is -2.14. The highest BCUT2D eigenvalue weighted by atomic mass is 31.1. The Morgan fingerprint density at radius 1 is 1.75 bits per heavy atom. The lowest BCUT2D eigenvalue weighted by molar-refractivity contribution is 0.822. The first-order chi connectivity index (χ1) is 3.72. The fraction of sp³-hybridized carbons (Fsp3) is 0.833. The molecule has 0 aliphatic carbocycles. The molecule has 48 valence electrons. The van der Waals surface area contributed by atoms with E-state index < -0.39 is 0 Å². The minimum Gasteiger partial charge on any atom is -0.327 e. The second-order valence-corrected chi connectivity index (χ2v) is 4.30. The minimum absolute atomic E-state index is 0.0391. The smallest absolute Gasteiger partial charge is 0.127 e. The van der Waals surface area contributed by atoms with E-state index in [9.17, 15) is 0 Å². The Morgan fingerprint density at radius 2 is 2.25 bits per heavy atom. The van der Waals surface area contributed by atoms with Crippen LogP contribution in [-0.2, 0) is 0 Å². The zero-order valence-corrected chi connectivity index (χ0v) is 6.62. The fourth-order valence-corrected chi connectivity index (χ4v) is 1.64. The average molecular weight is 132 g/mol.